The number of halogens is 1. The Hall–Kier alpha value is -3.37. The van der Waals surface area contributed by atoms with E-state index in [1.807, 2.05) is 13.8 Å². The number of amides is 1. The fourth-order valence-corrected chi connectivity index (χ4v) is 5.26. The lowest BCUT2D eigenvalue weighted by Crippen LogP contribution is -2.39. The van der Waals surface area contributed by atoms with Crippen molar-refractivity contribution in [3.63, 3.8) is 0 Å². The van der Waals surface area contributed by atoms with Crippen LogP contribution in [0.4, 0.5) is 5.69 Å². The summed E-state index contributed by atoms with van der Waals surface area (Å²) in [5.41, 5.74) is 5.31. The molecule has 3 rings (SSSR count). The Kier molecular flexibility index (Phi) is 8.52. The zero-order chi connectivity index (χ0) is 25.6. The number of ether oxygens (including phenoxy) is 2. The zero-order valence-corrected chi connectivity index (χ0v) is 22.2. The predicted molar refractivity (Wildman–Crippen MR) is 140 cm³/mol. The average Bonchev–Trinajstić information content (AvgIpc) is 2.83. The molecule has 0 aromatic heterocycles. The molecule has 1 amide bonds. The van der Waals surface area contributed by atoms with Crippen molar-refractivity contribution in [3.8, 4) is 11.5 Å². The molecule has 3 aromatic carbocycles. The van der Waals surface area contributed by atoms with Crippen LogP contribution in [0.15, 0.2) is 75.1 Å². The highest BCUT2D eigenvalue weighted by molar-refractivity contribution is 9.10. The number of anilines is 1. The van der Waals surface area contributed by atoms with E-state index in [0.717, 1.165) is 15.4 Å². The quantitative estimate of drug-likeness (QED) is 0.309. The molecule has 0 aliphatic carbocycles. The lowest BCUT2D eigenvalue weighted by molar-refractivity contribution is -0.119. The van der Waals surface area contributed by atoms with Crippen LogP contribution in [0.5, 0.6) is 11.5 Å². The first-order valence-corrected chi connectivity index (χ1v) is 12.8. The highest BCUT2D eigenvalue weighted by Gasteiger charge is 2.27. The van der Waals surface area contributed by atoms with Crippen molar-refractivity contribution < 1.29 is 22.7 Å². The van der Waals surface area contributed by atoms with Crippen molar-refractivity contribution in [2.75, 3.05) is 25.1 Å². The van der Waals surface area contributed by atoms with Gasteiger partial charge < -0.3 is 9.47 Å². The van der Waals surface area contributed by atoms with E-state index in [2.05, 4.69) is 26.5 Å². The molecule has 1 N–H and O–H groups in total. The van der Waals surface area contributed by atoms with Crippen LogP contribution in [0.2, 0.25) is 0 Å². The molecule has 0 fully saturated rings. The maximum atomic E-state index is 13.4. The van der Waals surface area contributed by atoms with Gasteiger partial charge in [0.2, 0.25) is 0 Å². The second kappa shape index (κ2) is 11.4. The second-order valence-corrected chi connectivity index (χ2v) is 10.4. The van der Waals surface area contributed by atoms with Crippen LogP contribution in [0.25, 0.3) is 0 Å². The maximum absolute atomic E-state index is 13.4. The summed E-state index contributed by atoms with van der Waals surface area (Å²) in [6.45, 7) is 3.32. The van der Waals surface area contributed by atoms with E-state index >= 15 is 0 Å². The van der Waals surface area contributed by atoms with Crippen molar-refractivity contribution in [1.29, 1.82) is 0 Å². The van der Waals surface area contributed by atoms with E-state index in [4.69, 9.17) is 9.47 Å². The highest BCUT2D eigenvalue weighted by atomic mass is 79.9. The number of benzene rings is 3. The summed E-state index contributed by atoms with van der Waals surface area (Å²) >= 11 is 3.40. The van der Waals surface area contributed by atoms with Gasteiger partial charge in [0, 0.05) is 0 Å². The molecule has 184 valence electrons. The summed E-state index contributed by atoms with van der Waals surface area (Å²) in [6.07, 6.45) is 1.43. The molecule has 0 atom stereocenters. The van der Waals surface area contributed by atoms with E-state index in [1.54, 1.807) is 48.5 Å². The van der Waals surface area contributed by atoms with Gasteiger partial charge in [0.05, 0.1) is 35.5 Å². The topological polar surface area (TPSA) is 97.3 Å². The molecule has 8 nitrogen and oxygen atoms in total. The van der Waals surface area contributed by atoms with Crippen molar-refractivity contribution in [3.05, 3.63) is 81.8 Å². The zero-order valence-electron chi connectivity index (χ0n) is 19.8. The monoisotopic (exact) mass is 559 g/mol. The Morgan fingerprint density at radius 2 is 1.60 bits per heavy atom. The van der Waals surface area contributed by atoms with Gasteiger partial charge in [-0.1, -0.05) is 35.4 Å². The average molecular weight is 560 g/mol. The van der Waals surface area contributed by atoms with Gasteiger partial charge in [-0.15, -0.1) is 0 Å². The lowest BCUT2D eigenvalue weighted by atomic mass is 10.2. The Labute approximate surface area is 213 Å². The smallest absolute Gasteiger partial charge is 0.264 e. The molecule has 3 aromatic rings. The molecule has 0 saturated carbocycles. The van der Waals surface area contributed by atoms with Crippen molar-refractivity contribution in [2.24, 2.45) is 5.10 Å². The van der Waals surface area contributed by atoms with E-state index < -0.39 is 22.5 Å². The van der Waals surface area contributed by atoms with Gasteiger partial charge in [0.25, 0.3) is 15.9 Å². The van der Waals surface area contributed by atoms with Gasteiger partial charge in [-0.25, -0.2) is 13.8 Å². The molecule has 0 radical (unpaired) electrons. The van der Waals surface area contributed by atoms with E-state index in [9.17, 15) is 13.2 Å². The maximum Gasteiger partial charge on any atom is 0.264 e. The minimum Gasteiger partial charge on any atom is -0.493 e. The normalized spacial score (nSPS) is 11.3. The Bertz CT molecular complexity index is 1320. The molecule has 35 heavy (non-hydrogen) atoms. The Morgan fingerprint density at radius 1 is 1.00 bits per heavy atom. The van der Waals surface area contributed by atoms with Crippen LogP contribution < -0.4 is 19.2 Å². The van der Waals surface area contributed by atoms with Gasteiger partial charge in [0.15, 0.2) is 11.5 Å². The highest BCUT2D eigenvalue weighted by Crippen LogP contribution is 2.35. The SMILES string of the molecule is COc1cc(/C=N\NC(=O)CN(c2ccc(C)cc2)S(=O)(=O)c2ccc(C)cc2)cc(Br)c1OC. The van der Waals surface area contributed by atoms with Crippen LogP contribution in [0.3, 0.4) is 0 Å². The molecule has 10 heteroatoms. The van der Waals surface area contributed by atoms with Crippen LogP contribution in [0, 0.1) is 13.8 Å². The fourth-order valence-electron chi connectivity index (χ4n) is 3.22. The number of hydrogen-bond donors (Lipinski definition) is 1. The number of methoxy groups -OCH3 is 2. The molecule has 0 unspecified atom stereocenters. The van der Waals surface area contributed by atoms with Gasteiger partial charge in [0.1, 0.15) is 6.54 Å². The summed E-state index contributed by atoms with van der Waals surface area (Å²) in [7, 11) is -0.950. The number of hydrogen-bond acceptors (Lipinski definition) is 6. The van der Waals surface area contributed by atoms with E-state index in [1.165, 1.54) is 32.6 Å². The van der Waals surface area contributed by atoms with Crippen LogP contribution in [-0.2, 0) is 14.8 Å². The van der Waals surface area contributed by atoms with Gasteiger partial charge in [-0.05, 0) is 71.7 Å². The molecule has 0 bridgehead atoms. The van der Waals surface area contributed by atoms with Gasteiger partial charge in [-0.3, -0.25) is 9.10 Å². The fraction of sp³-hybridized carbons (Fsp3) is 0.200. The Morgan fingerprint density at radius 3 is 2.17 bits per heavy atom. The molecule has 0 heterocycles. The number of nitrogens with one attached hydrogen (secondary N) is 1. The number of nitrogens with zero attached hydrogens (tertiary/aromatic N) is 2. The summed E-state index contributed by atoms with van der Waals surface area (Å²) in [5, 5.41) is 3.98. The summed E-state index contributed by atoms with van der Waals surface area (Å²) < 4.78 is 39.1. The largest absolute Gasteiger partial charge is 0.493 e. The summed E-state index contributed by atoms with van der Waals surface area (Å²) in [6, 6.07) is 16.8. The third-order valence-corrected chi connectivity index (χ3v) is 7.45. The van der Waals surface area contributed by atoms with E-state index in [0.29, 0.717) is 27.2 Å². The standard InChI is InChI=1S/C25H26BrN3O5S/c1-17-5-9-20(10-6-17)29(35(31,32)21-11-7-18(2)8-12-21)16-24(30)28-27-15-19-13-22(26)25(34-4)23(14-19)33-3/h5-15H,16H2,1-4H3,(H,28,30)/b27-15-. The molecular weight excluding hydrogens is 534 g/mol. The van der Waals surface area contributed by atoms with Crippen molar-refractivity contribution >= 4 is 43.8 Å². The third kappa shape index (κ3) is 6.40. The molecule has 0 aliphatic rings. The number of carbonyl (C=O) groups excluding carboxylic acids is 1. The minimum atomic E-state index is -3.99. The molecule has 0 spiro atoms. The summed E-state index contributed by atoms with van der Waals surface area (Å²) in [5.74, 6) is 0.421. The second-order valence-electron chi connectivity index (χ2n) is 7.69. The number of rotatable bonds is 9. The van der Waals surface area contributed by atoms with Crippen LogP contribution in [0.1, 0.15) is 16.7 Å². The van der Waals surface area contributed by atoms with Crippen LogP contribution >= 0.6 is 15.9 Å². The van der Waals surface area contributed by atoms with Crippen molar-refractivity contribution in [1.82, 2.24) is 5.43 Å². The van der Waals surface area contributed by atoms with Crippen LogP contribution in [-0.4, -0.2) is 41.3 Å². The Balaban J connectivity index is 1.83. The predicted octanol–water partition coefficient (Wildman–Crippen LogP) is 4.43. The first-order chi connectivity index (χ1) is 16.6. The molecule has 0 saturated heterocycles. The molecular formula is C25H26BrN3O5S. The van der Waals surface area contributed by atoms with Crippen molar-refractivity contribution in [2.45, 2.75) is 18.7 Å². The van der Waals surface area contributed by atoms with Gasteiger partial charge >= 0.3 is 0 Å². The molecule has 0 aliphatic heterocycles. The first kappa shape index (κ1) is 26.2. The number of sulfonamides is 1. The lowest BCUT2D eigenvalue weighted by Gasteiger charge is -2.24. The number of aryl methyl sites for hydroxylation is 2. The third-order valence-electron chi connectivity index (χ3n) is 5.08. The van der Waals surface area contributed by atoms with E-state index in [-0.39, 0.29) is 4.90 Å². The van der Waals surface area contributed by atoms with Gasteiger partial charge in [-0.2, -0.15) is 5.10 Å². The summed E-state index contributed by atoms with van der Waals surface area (Å²) in [4.78, 5) is 12.8. The minimum absolute atomic E-state index is 0.0927. The number of carbonyl (C=O) groups is 1. The number of hydrazone groups is 1. The first-order valence-electron chi connectivity index (χ1n) is 10.5.